The number of hydrogen-bond donors (Lipinski definition) is 1. The van der Waals surface area contributed by atoms with Crippen molar-refractivity contribution in [1.82, 2.24) is 9.97 Å². The first kappa shape index (κ1) is 21.2. The topological polar surface area (TPSA) is 64.1 Å². The van der Waals surface area contributed by atoms with Gasteiger partial charge >= 0.3 is 0 Å². The third-order valence-electron chi connectivity index (χ3n) is 4.47. The van der Waals surface area contributed by atoms with Gasteiger partial charge in [0.05, 0.1) is 23.6 Å². The number of aromatic nitrogens is 2. The zero-order valence-corrected chi connectivity index (χ0v) is 18.4. The number of benzene rings is 3. The summed E-state index contributed by atoms with van der Waals surface area (Å²) in [7, 11) is 0. The summed E-state index contributed by atoms with van der Waals surface area (Å²) in [6, 6.07) is 22.7. The van der Waals surface area contributed by atoms with Gasteiger partial charge in [0.2, 0.25) is 5.91 Å². The van der Waals surface area contributed by atoms with Crippen LogP contribution in [-0.2, 0) is 4.79 Å². The van der Waals surface area contributed by atoms with E-state index in [9.17, 15) is 4.79 Å². The summed E-state index contributed by atoms with van der Waals surface area (Å²) in [6.07, 6.45) is 0. The van der Waals surface area contributed by atoms with Crippen LogP contribution in [0.4, 0.5) is 5.69 Å². The van der Waals surface area contributed by atoms with E-state index in [0.717, 1.165) is 27.9 Å². The fourth-order valence-corrected chi connectivity index (χ4v) is 3.86. The van der Waals surface area contributed by atoms with Crippen LogP contribution in [-0.4, -0.2) is 28.2 Å². The maximum Gasteiger partial charge on any atom is 0.234 e. The van der Waals surface area contributed by atoms with Crippen LogP contribution in [0.25, 0.3) is 22.2 Å². The highest BCUT2D eigenvalue weighted by molar-refractivity contribution is 7.99. The van der Waals surface area contributed by atoms with Gasteiger partial charge in [0.25, 0.3) is 0 Å². The molecule has 0 aliphatic rings. The molecule has 1 amide bonds. The largest absolute Gasteiger partial charge is 0.494 e. The second-order valence-corrected chi connectivity index (χ2v) is 8.06. The number of anilines is 1. The van der Waals surface area contributed by atoms with E-state index in [1.54, 1.807) is 24.3 Å². The first-order valence-electron chi connectivity index (χ1n) is 9.80. The molecule has 0 spiro atoms. The average molecular weight is 450 g/mol. The second kappa shape index (κ2) is 9.81. The van der Waals surface area contributed by atoms with Crippen LogP contribution < -0.4 is 10.1 Å². The molecule has 0 atom stereocenters. The Labute approximate surface area is 189 Å². The lowest BCUT2D eigenvalue weighted by Crippen LogP contribution is -2.14. The van der Waals surface area contributed by atoms with Crippen LogP contribution in [0.1, 0.15) is 6.92 Å². The Bertz CT molecular complexity index is 1200. The van der Waals surface area contributed by atoms with E-state index in [-0.39, 0.29) is 11.7 Å². The summed E-state index contributed by atoms with van der Waals surface area (Å²) in [5.41, 5.74) is 3.30. The van der Waals surface area contributed by atoms with Gasteiger partial charge in [0.1, 0.15) is 5.75 Å². The SMILES string of the molecule is CCOc1ccc2nc(SCC(=O)Nc3ccc(Cl)cc3)nc(-c3ccccc3)c2c1. The van der Waals surface area contributed by atoms with E-state index in [0.29, 0.717) is 22.5 Å². The first-order valence-corrected chi connectivity index (χ1v) is 11.2. The van der Waals surface area contributed by atoms with E-state index >= 15 is 0 Å². The Kier molecular flexibility index (Phi) is 6.70. The highest BCUT2D eigenvalue weighted by Crippen LogP contribution is 2.31. The van der Waals surface area contributed by atoms with Gasteiger partial charge in [-0.15, -0.1) is 0 Å². The fourth-order valence-electron chi connectivity index (χ4n) is 3.08. The molecule has 1 aromatic heterocycles. The molecule has 0 unspecified atom stereocenters. The van der Waals surface area contributed by atoms with E-state index in [1.807, 2.05) is 55.5 Å². The molecule has 0 aliphatic heterocycles. The lowest BCUT2D eigenvalue weighted by atomic mass is 10.1. The van der Waals surface area contributed by atoms with Crippen molar-refractivity contribution in [2.24, 2.45) is 0 Å². The molecule has 1 N–H and O–H groups in total. The number of ether oxygens (including phenoxy) is 1. The number of fused-ring (bicyclic) bond motifs is 1. The van der Waals surface area contributed by atoms with Crippen molar-refractivity contribution in [2.75, 3.05) is 17.7 Å². The van der Waals surface area contributed by atoms with Crippen LogP contribution in [0.2, 0.25) is 5.02 Å². The Morgan fingerprint density at radius 2 is 1.81 bits per heavy atom. The lowest BCUT2D eigenvalue weighted by Gasteiger charge is -2.11. The third kappa shape index (κ3) is 5.34. The molecule has 5 nitrogen and oxygen atoms in total. The molecule has 0 radical (unpaired) electrons. The normalized spacial score (nSPS) is 10.8. The quantitative estimate of drug-likeness (QED) is 0.273. The van der Waals surface area contributed by atoms with Crippen molar-refractivity contribution < 1.29 is 9.53 Å². The Morgan fingerprint density at radius 1 is 1.03 bits per heavy atom. The summed E-state index contributed by atoms with van der Waals surface area (Å²) in [4.78, 5) is 21.8. The van der Waals surface area contributed by atoms with Crippen LogP contribution in [0.5, 0.6) is 5.75 Å². The van der Waals surface area contributed by atoms with Crippen molar-refractivity contribution >= 4 is 45.9 Å². The monoisotopic (exact) mass is 449 g/mol. The van der Waals surface area contributed by atoms with Crippen LogP contribution in [0.3, 0.4) is 0 Å². The molecule has 1 heterocycles. The average Bonchev–Trinajstić information content (AvgIpc) is 2.79. The smallest absolute Gasteiger partial charge is 0.234 e. The zero-order chi connectivity index (χ0) is 21.6. The minimum absolute atomic E-state index is 0.135. The van der Waals surface area contributed by atoms with Gasteiger partial charge in [0, 0.05) is 21.7 Å². The fraction of sp³-hybridized carbons (Fsp3) is 0.125. The number of halogens is 1. The van der Waals surface area contributed by atoms with Gasteiger partial charge in [-0.2, -0.15) is 0 Å². The van der Waals surface area contributed by atoms with Gasteiger partial charge in [-0.3, -0.25) is 4.79 Å². The Balaban J connectivity index is 1.59. The summed E-state index contributed by atoms with van der Waals surface area (Å²) in [5.74, 6) is 0.835. The maximum absolute atomic E-state index is 12.4. The van der Waals surface area contributed by atoms with Crippen molar-refractivity contribution in [3.63, 3.8) is 0 Å². The molecule has 3 aromatic carbocycles. The number of carbonyl (C=O) groups excluding carboxylic acids is 1. The van der Waals surface area contributed by atoms with Crippen molar-refractivity contribution in [3.8, 4) is 17.0 Å². The molecule has 4 aromatic rings. The van der Waals surface area contributed by atoms with Crippen molar-refractivity contribution in [3.05, 3.63) is 77.8 Å². The van der Waals surface area contributed by atoms with E-state index in [1.165, 1.54) is 11.8 Å². The Hall–Kier alpha value is -3.09. The number of nitrogens with zero attached hydrogens (tertiary/aromatic N) is 2. The molecule has 4 rings (SSSR count). The molecular weight excluding hydrogens is 430 g/mol. The summed E-state index contributed by atoms with van der Waals surface area (Å²) in [6.45, 7) is 2.54. The van der Waals surface area contributed by atoms with Gasteiger partial charge in [-0.25, -0.2) is 9.97 Å². The standard InChI is InChI=1S/C24H20ClN3O2S/c1-2-30-19-12-13-21-20(14-19)23(16-6-4-3-5-7-16)28-24(27-21)31-15-22(29)26-18-10-8-17(25)9-11-18/h3-14H,2,15H2,1H3,(H,26,29). The van der Waals surface area contributed by atoms with E-state index in [4.69, 9.17) is 21.3 Å². The predicted octanol–water partition coefficient (Wildman–Crippen LogP) is 6.08. The van der Waals surface area contributed by atoms with Gasteiger partial charge in [0.15, 0.2) is 5.16 Å². The summed E-state index contributed by atoms with van der Waals surface area (Å²) in [5, 5.41) is 4.93. The summed E-state index contributed by atoms with van der Waals surface area (Å²) >= 11 is 7.19. The number of thioether (sulfide) groups is 1. The number of amides is 1. The molecule has 0 aliphatic carbocycles. The first-order chi connectivity index (χ1) is 15.1. The van der Waals surface area contributed by atoms with Crippen molar-refractivity contribution in [2.45, 2.75) is 12.1 Å². The van der Waals surface area contributed by atoms with Crippen LogP contribution in [0.15, 0.2) is 78.0 Å². The zero-order valence-electron chi connectivity index (χ0n) is 16.8. The maximum atomic E-state index is 12.4. The molecule has 7 heteroatoms. The van der Waals surface area contributed by atoms with E-state index < -0.39 is 0 Å². The molecule has 156 valence electrons. The number of carbonyl (C=O) groups is 1. The lowest BCUT2D eigenvalue weighted by molar-refractivity contribution is -0.113. The molecule has 31 heavy (non-hydrogen) atoms. The predicted molar refractivity (Wildman–Crippen MR) is 127 cm³/mol. The third-order valence-corrected chi connectivity index (χ3v) is 5.56. The minimum Gasteiger partial charge on any atom is -0.494 e. The Morgan fingerprint density at radius 3 is 2.55 bits per heavy atom. The second-order valence-electron chi connectivity index (χ2n) is 6.68. The highest BCUT2D eigenvalue weighted by atomic mass is 35.5. The van der Waals surface area contributed by atoms with Crippen molar-refractivity contribution in [1.29, 1.82) is 0 Å². The van der Waals surface area contributed by atoms with Gasteiger partial charge in [-0.05, 0) is 49.4 Å². The van der Waals surface area contributed by atoms with Crippen LogP contribution >= 0.6 is 23.4 Å². The minimum atomic E-state index is -0.135. The van der Waals surface area contributed by atoms with Crippen LogP contribution in [0, 0.1) is 0 Å². The molecule has 0 bridgehead atoms. The highest BCUT2D eigenvalue weighted by Gasteiger charge is 2.13. The van der Waals surface area contributed by atoms with Gasteiger partial charge < -0.3 is 10.1 Å². The molecule has 0 saturated carbocycles. The number of nitrogens with one attached hydrogen (secondary N) is 1. The number of hydrogen-bond acceptors (Lipinski definition) is 5. The van der Waals surface area contributed by atoms with Gasteiger partial charge in [-0.1, -0.05) is 53.7 Å². The molecule has 0 saturated heterocycles. The van der Waals surface area contributed by atoms with E-state index in [2.05, 4.69) is 10.3 Å². The molecular formula is C24H20ClN3O2S. The number of rotatable bonds is 7. The summed E-state index contributed by atoms with van der Waals surface area (Å²) < 4.78 is 5.66. The molecule has 0 fully saturated rings.